The molecule has 0 saturated carbocycles. The molecule has 2 aromatic carbocycles. The zero-order valence-corrected chi connectivity index (χ0v) is 13.3. The molecule has 0 spiro atoms. The molecule has 0 aliphatic carbocycles. The number of allylic oxidation sites excluding steroid dienone is 1. The molecular weight excluding hydrogens is 276 g/mol. The van der Waals surface area contributed by atoms with Crippen LogP contribution in [0, 0.1) is 0 Å². The molecule has 0 bridgehead atoms. The normalized spacial score (nSPS) is 24.8. The maximum Gasteiger partial charge on any atom is 0.118 e. The summed E-state index contributed by atoms with van der Waals surface area (Å²) >= 11 is 1.92. The van der Waals surface area contributed by atoms with Gasteiger partial charge < -0.3 is 4.74 Å². The van der Waals surface area contributed by atoms with Crippen LogP contribution in [0.3, 0.4) is 0 Å². The van der Waals surface area contributed by atoms with Gasteiger partial charge in [0.25, 0.3) is 0 Å². The Kier molecular flexibility index (Phi) is 4.07. The van der Waals surface area contributed by atoms with Gasteiger partial charge in [-0.25, -0.2) is 0 Å². The van der Waals surface area contributed by atoms with Crippen molar-refractivity contribution in [1.82, 2.24) is 0 Å². The van der Waals surface area contributed by atoms with Gasteiger partial charge in [-0.3, -0.25) is 0 Å². The van der Waals surface area contributed by atoms with E-state index in [0.29, 0.717) is 5.92 Å². The lowest BCUT2D eigenvalue weighted by molar-refractivity contribution is 0.414. The smallest absolute Gasteiger partial charge is 0.118 e. The van der Waals surface area contributed by atoms with Gasteiger partial charge >= 0.3 is 0 Å². The molecule has 0 N–H and O–H groups in total. The summed E-state index contributed by atoms with van der Waals surface area (Å²) in [6, 6.07) is 19.2. The van der Waals surface area contributed by atoms with Crippen LogP contribution >= 0.6 is 11.8 Å². The van der Waals surface area contributed by atoms with Crippen LogP contribution in [0.25, 0.3) is 0 Å². The molecule has 1 aliphatic heterocycles. The average Bonchev–Trinajstić information content (AvgIpc) is 2.56. The Hall–Kier alpha value is -1.67. The van der Waals surface area contributed by atoms with Crippen molar-refractivity contribution in [3.8, 4) is 5.75 Å². The van der Waals surface area contributed by atoms with Crippen LogP contribution in [0.4, 0.5) is 0 Å². The van der Waals surface area contributed by atoms with E-state index in [2.05, 4.69) is 60.9 Å². The van der Waals surface area contributed by atoms with Crippen molar-refractivity contribution >= 4 is 11.8 Å². The van der Waals surface area contributed by atoms with Crippen LogP contribution in [0.2, 0.25) is 0 Å². The molecule has 0 amide bonds. The molecule has 0 unspecified atom stereocenters. The second-order valence-corrected chi connectivity index (χ2v) is 7.04. The first kappa shape index (κ1) is 14.3. The molecule has 0 saturated heterocycles. The van der Waals surface area contributed by atoms with Crippen molar-refractivity contribution in [2.75, 3.05) is 7.11 Å². The fraction of sp³-hybridized carbons (Fsp3) is 0.263. The summed E-state index contributed by atoms with van der Waals surface area (Å²) in [7, 11) is 1.71. The summed E-state index contributed by atoms with van der Waals surface area (Å²) in [5, 5.41) is 2.26. The third-order valence-electron chi connectivity index (χ3n) is 4.18. The van der Waals surface area contributed by atoms with Crippen LogP contribution < -0.4 is 4.74 Å². The largest absolute Gasteiger partial charge is 0.497 e. The van der Waals surface area contributed by atoms with Gasteiger partial charge in [-0.05, 0) is 42.0 Å². The lowest BCUT2D eigenvalue weighted by atomic mass is 9.85. The number of hydrogen-bond acceptors (Lipinski definition) is 2. The molecular formula is C19H20OS. The topological polar surface area (TPSA) is 9.23 Å². The summed E-state index contributed by atoms with van der Waals surface area (Å²) < 4.78 is 5.38. The zero-order chi connectivity index (χ0) is 14.7. The SMILES string of the molecule is COc1ccc([C@H]2C=CS[C@](C)(c3ccccc3)C2)cc1. The van der Waals surface area contributed by atoms with Crippen LogP contribution in [0.5, 0.6) is 5.75 Å². The fourth-order valence-corrected chi connectivity index (χ4v) is 3.99. The number of thioether (sulfide) groups is 1. The number of rotatable bonds is 3. The molecule has 0 aromatic heterocycles. The van der Waals surface area contributed by atoms with Gasteiger partial charge in [-0.1, -0.05) is 48.5 Å². The second kappa shape index (κ2) is 5.98. The molecule has 1 heterocycles. The van der Waals surface area contributed by atoms with Crippen LogP contribution in [0.15, 0.2) is 66.1 Å². The maximum atomic E-state index is 5.24. The molecule has 0 fully saturated rings. The highest BCUT2D eigenvalue weighted by atomic mass is 32.2. The Balaban J connectivity index is 1.85. The van der Waals surface area contributed by atoms with Crippen LogP contribution in [-0.2, 0) is 4.75 Å². The number of methoxy groups -OCH3 is 1. The fourth-order valence-electron chi connectivity index (χ4n) is 2.88. The highest BCUT2D eigenvalue weighted by molar-refractivity contribution is 8.03. The summed E-state index contributed by atoms with van der Waals surface area (Å²) in [4.78, 5) is 0. The average molecular weight is 296 g/mol. The van der Waals surface area contributed by atoms with E-state index in [1.807, 2.05) is 23.9 Å². The van der Waals surface area contributed by atoms with Gasteiger partial charge in [-0.15, -0.1) is 11.8 Å². The van der Waals surface area contributed by atoms with E-state index >= 15 is 0 Å². The molecule has 21 heavy (non-hydrogen) atoms. The number of ether oxygens (including phenoxy) is 1. The Morgan fingerprint density at radius 2 is 1.76 bits per heavy atom. The molecule has 2 heteroatoms. The van der Waals surface area contributed by atoms with E-state index in [1.54, 1.807) is 7.11 Å². The van der Waals surface area contributed by atoms with E-state index in [1.165, 1.54) is 11.1 Å². The van der Waals surface area contributed by atoms with Crippen molar-refractivity contribution in [2.45, 2.75) is 24.0 Å². The van der Waals surface area contributed by atoms with Crippen LogP contribution in [0.1, 0.15) is 30.4 Å². The van der Waals surface area contributed by atoms with Gasteiger partial charge in [0.2, 0.25) is 0 Å². The van der Waals surface area contributed by atoms with E-state index in [0.717, 1.165) is 12.2 Å². The van der Waals surface area contributed by atoms with Crippen molar-refractivity contribution in [3.63, 3.8) is 0 Å². The minimum Gasteiger partial charge on any atom is -0.497 e. The Bertz CT molecular complexity index is 618. The van der Waals surface area contributed by atoms with Crippen LogP contribution in [-0.4, -0.2) is 7.11 Å². The lowest BCUT2D eigenvalue weighted by Crippen LogP contribution is -2.22. The Morgan fingerprint density at radius 1 is 1.05 bits per heavy atom. The zero-order valence-electron chi connectivity index (χ0n) is 12.5. The highest BCUT2D eigenvalue weighted by Crippen LogP contribution is 2.48. The molecule has 0 radical (unpaired) electrons. The van der Waals surface area contributed by atoms with Gasteiger partial charge in [0.15, 0.2) is 0 Å². The molecule has 2 aromatic rings. The quantitative estimate of drug-likeness (QED) is 0.755. The standard InChI is InChI=1S/C19H20OS/c1-19(17-6-4-3-5-7-17)14-16(12-13-21-19)15-8-10-18(20-2)11-9-15/h3-13,16H,14H2,1-2H3/t16-,19-/m0/s1. The third-order valence-corrected chi connectivity index (χ3v) is 5.39. The summed E-state index contributed by atoms with van der Waals surface area (Å²) in [6.07, 6.45) is 3.43. The predicted octanol–water partition coefficient (Wildman–Crippen LogP) is 5.34. The maximum absolute atomic E-state index is 5.24. The minimum atomic E-state index is 0.139. The van der Waals surface area contributed by atoms with E-state index in [4.69, 9.17) is 4.74 Å². The monoisotopic (exact) mass is 296 g/mol. The summed E-state index contributed by atoms with van der Waals surface area (Å²) in [5.74, 6) is 1.38. The van der Waals surface area contributed by atoms with E-state index in [9.17, 15) is 0 Å². The number of benzene rings is 2. The first-order chi connectivity index (χ1) is 10.2. The van der Waals surface area contributed by atoms with Crippen molar-refractivity contribution in [2.24, 2.45) is 0 Å². The van der Waals surface area contributed by atoms with Crippen molar-refractivity contribution in [1.29, 1.82) is 0 Å². The molecule has 108 valence electrons. The van der Waals surface area contributed by atoms with Gasteiger partial charge in [-0.2, -0.15) is 0 Å². The number of hydrogen-bond donors (Lipinski definition) is 0. The Morgan fingerprint density at radius 3 is 2.43 bits per heavy atom. The summed E-state index contributed by atoms with van der Waals surface area (Å²) in [6.45, 7) is 2.34. The van der Waals surface area contributed by atoms with E-state index in [-0.39, 0.29) is 4.75 Å². The lowest BCUT2D eigenvalue weighted by Gasteiger charge is -2.35. The third kappa shape index (κ3) is 3.01. The molecule has 1 nitrogen and oxygen atoms in total. The van der Waals surface area contributed by atoms with Gasteiger partial charge in [0.1, 0.15) is 5.75 Å². The predicted molar refractivity (Wildman–Crippen MR) is 90.9 cm³/mol. The second-order valence-electron chi connectivity index (χ2n) is 5.63. The molecule has 3 rings (SSSR count). The minimum absolute atomic E-state index is 0.139. The van der Waals surface area contributed by atoms with Gasteiger partial charge in [0.05, 0.1) is 7.11 Å². The highest BCUT2D eigenvalue weighted by Gasteiger charge is 2.32. The summed E-state index contributed by atoms with van der Waals surface area (Å²) in [5.41, 5.74) is 2.76. The first-order valence-electron chi connectivity index (χ1n) is 7.25. The molecule has 1 aliphatic rings. The van der Waals surface area contributed by atoms with Crippen molar-refractivity contribution < 1.29 is 4.74 Å². The Labute approximate surface area is 131 Å². The first-order valence-corrected chi connectivity index (χ1v) is 8.13. The van der Waals surface area contributed by atoms with Crippen molar-refractivity contribution in [3.05, 3.63) is 77.2 Å². The molecule has 2 atom stereocenters. The van der Waals surface area contributed by atoms with E-state index < -0.39 is 0 Å². The van der Waals surface area contributed by atoms with Gasteiger partial charge in [0, 0.05) is 10.7 Å².